The van der Waals surface area contributed by atoms with E-state index in [1.165, 1.54) is 19.3 Å². The Kier molecular flexibility index (Phi) is 2.50. The molecule has 0 fully saturated rings. The molecule has 4 nitrogen and oxygen atoms in total. The van der Waals surface area contributed by atoms with Crippen molar-refractivity contribution in [2.75, 3.05) is 0 Å². The molecule has 1 atom stereocenters. The molecular weight excluding hydrogens is 154 g/mol. The molecule has 12 heavy (non-hydrogen) atoms. The topological polar surface area (TPSA) is 68.9 Å². The molecule has 0 spiro atoms. The fraction of sp³-hybridized carbons (Fsp3) is 0.375. The second kappa shape index (κ2) is 3.40. The summed E-state index contributed by atoms with van der Waals surface area (Å²) in [6.45, 7) is 3.27. The van der Waals surface area contributed by atoms with Gasteiger partial charge >= 0.3 is 0 Å². The number of nitrogens with two attached hydrogens (primary N) is 1. The van der Waals surface area contributed by atoms with Gasteiger partial charge in [0.15, 0.2) is 5.78 Å². The van der Waals surface area contributed by atoms with Crippen molar-refractivity contribution in [1.82, 2.24) is 9.97 Å². The summed E-state index contributed by atoms with van der Waals surface area (Å²) in [6.07, 6.45) is 2.99. The van der Waals surface area contributed by atoms with Crippen LogP contribution in [0.5, 0.6) is 0 Å². The second-order valence-electron chi connectivity index (χ2n) is 2.67. The summed E-state index contributed by atoms with van der Waals surface area (Å²) in [5, 5.41) is 0. The van der Waals surface area contributed by atoms with Crippen LogP contribution in [-0.2, 0) is 0 Å². The Morgan fingerprint density at radius 3 is 2.33 bits per heavy atom. The Balaban J connectivity index is 2.93. The first-order valence-electron chi connectivity index (χ1n) is 3.69. The van der Waals surface area contributed by atoms with Crippen LogP contribution in [0, 0.1) is 0 Å². The molecule has 0 aromatic carbocycles. The molecule has 0 saturated carbocycles. The third kappa shape index (κ3) is 1.85. The third-order valence-electron chi connectivity index (χ3n) is 1.49. The van der Waals surface area contributed by atoms with Gasteiger partial charge in [-0.1, -0.05) is 0 Å². The zero-order valence-corrected chi connectivity index (χ0v) is 7.11. The van der Waals surface area contributed by atoms with Crippen LogP contribution in [0.3, 0.4) is 0 Å². The SMILES string of the molecule is CC(=O)c1cnc(C(C)N)nc1. The highest BCUT2D eigenvalue weighted by atomic mass is 16.1. The Morgan fingerprint density at radius 2 is 2.00 bits per heavy atom. The van der Waals surface area contributed by atoms with Gasteiger partial charge < -0.3 is 5.73 Å². The quantitative estimate of drug-likeness (QED) is 0.655. The van der Waals surface area contributed by atoms with Crippen LogP contribution in [0.1, 0.15) is 36.1 Å². The lowest BCUT2D eigenvalue weighted by Crippen LogP contribution is -2.10. The maximum absolute atomic E-state index is 10.8. The molecule has 0 radical (unpaired) electrons. The zero-order valence-electron chi connectivity index (χ0n) is 7.11. The molecule has 1 aromatic rings. The summed E-state index contributed by atoms with van der Waals surface area (Å²) in [6, 6.07) is -0.189. The first-order chi connectivity index (χ1) is 5.61. The average molecular weight is 165 g/mol. The van der Waals surface area contributed by atoms with Crippen molar-refractivity contribution in [3.63, 3.8) is 0 Å². The van der Waals surface area contributed by atoms with Gasteiger partial charge in [0, 0.05) is 12.4 Å². The van der Waals surface area contributed by atoms with Crippen molar-refractivity contribution >= 4 is 5.78 Å². The maximum atomic E-state index is 10.8. The number of ketones is 1. The van der Waals surface area contributed by atoms with E-state index in [1.807, 2.05) is 0 Å². The number of carbonyl (C=O) groups excluding carboxylic acids is 1. The molecule has 1 aromatic heterocycles. The fourth-order valence-electron chi connectivity index (χ4n) is 0.755. The monoisotopic (exact) mass is 165 g/mol. The number of carbonyl (C=O) groups is 1. The lowest BCUT2D eigenvalue weighted by atomic mass is 10.2. The van der Waals surface area contributed by atoms with Crippen molar-refractivity contribution in [3.8, 4) is 0 Å². The minimum atomic E-state index is -0.189. The standard InChI is InChI=1S/C8H11N3O/c1-5(9)8-10-3-7(4-11-8)6(2)12/h3-5H,9H2,1-2H3. The van der Waals surface area contributed by atoms with Crippen molar-refractivity contribution in [3.05, 3.63) is 23.8 Å². The molecule has 1 unspecified atom stereocenters. The van der Waals surface area contributed by atoms with E-state index in [-0.39, 0.29) is 11.8 Å². The molecule has 0 saturated heterocycles. The van der Waals surface area contributed by atoms with Gasteiger partial charge in [-0.15, -0.1) is 0 Å². The minimum Gasteiger partial charge on any atom is -0.322 e. The molecule has 2 N–H and O–H groups in total. The van der Waals surface area contributed by atoms with Gasteiger partial charge in [-0.2, -0.15) is 0 Å². The van der Waals surface area contributed by atoms with Crippen molar-refractivity contribution < 1.29 is 4.79 Å². The number of hydrogen-bond donors (Lipinski definition) is 1. The molecular formula is C8H11N3O. The summed E-state index contributed by atoms with van der Waals surface area (Å²) in [4.78, 5) is 18.7. The first kappa shape index (κ1) is 8.80. The molecule has 0 bridgehead atoms. The van der Waals surface area contributed by atoms with Crippen LogP contribution in [-0.4, -0.2) is 15.8 Å². The Hall–Kier alpha value is -1.29. The van der Waals surface area contributed by atoms with Gasteiger partial charge in [0.1, 0.15) is 5.82 Å². The Bertz CT molecular complexity index is 279. The summed E-state index contributed by atoms with van der Waals surface area (Å²) in [5.41, 5.74) is 6.04. The van der Waals surface area contributed by atoms with E-state index in [0.717, 1.165) is 0 Å². The number of Topliss-reactive ketones (excluding diaryl/α,β-unsaturated/α-hetero) is 1. The van der Waals surface area contributed by atoms with Crippen molar-refractivity contribution in [1.29, 1.82) is 0 Å². The summed E-state index contributed by atoms with van der Waals surface area (Å²) in [5.74, 6) is 0.520. The molecule has 64 valence electrons. The lowest BCUT2D eigenvalue weighted by Gasteiger charge is -2.02. The smallest absolute Gasteiger partial charge is 0.162 e. The average Bonchev–Trinajstić information content (AvgIpc) is 2.04. The van der Waals surface area contributed by atoms with Gasteiger partial charge in [-0.3, -0.25) is 4.79 Å². The second-order valence-corrected chi connectivity index (χ2v) is 2.67. The van der Waals surface area contributed by atoms with E-state index >= 15 is 0 Å². The zero-order chi connectivity index (χ0) is 9.14. The van der Waals surface area contributed by atoms with E-state index in [0.29, 0.717) is 11.4 Å². The number of nitrogens with zero attached hydrogens (tertiary/aromatic N) is 2. The predicted molar refractivity (Wildman–Crippen MR) is 44.6 cm³/mol. The van der Waals surface area contributed by atoms with Crippen LogP contribution in [0.2, 0.25) is 0 Å². The Morgan fingerprint density at radius 1 is 1.50 bits per heavy atom. The molecule has 4 heteroatoms. The van der Waals surface area contributed by atoms with Crippen molar-refractivity contribution in [2.45, 2.75) is 19.9 Å². The van der Waals surface area contributed by atoms with Crippen LogP contribution in [0.15, 0.2) is 12.4 Å². The highest BCUT2D eigenvalue weighted by Crippen LogP contribution is 2.02. The van der Waals surface area contributed by atoms with Gasteiger partial charge in [0.25, 0.3) is 0 Å². The largest absolute Gasteiger partial charge is 0.322 e. The molecule has 0 amide bonds. The van der Waals surface area contributed by atoms with E-state index in [4.69, 9.17) is 5.73 Å². The number of rotatable bonds is 2. The van der Waals surface area contributed by atoms with Gasteiger partial charge in [-0.25, -0.2) is 9.97 Å². The molecule has 0 aliphatic carbocycles. The van der Waals surface area contributed by atoms with Crippen LogP contribution in [0.4, 0.5) is 0 Å². The highest BCUT2D eigenvalue weighted by molar-refractivity contribution is 5.93. The predicted octanol–water partition coefficient (Wildman–Crippen LogP) is 0.699. The summed E-state index contributed by atoms with van der Waals surface area (Å²) >= 11 is 0. The lowest BCUT2D eigenvalue weighted by molar-refractivity contribution is 0.101. The highest BCUT2D eigenvalue weighted by Gasteiger charge is 2.04. The maximum Gasteiger partial charge on any atom is 0.162 e. The van der Waals surface area contributed by atoms with Crippen LogP contribution in [0.25, 0.3) is 0 Å². The molecule has 0 aliphatic heterocycles. The Labute approximate surface area is 70.8 Å². The molecule has 0 aliphatic rings. The minimum absolute atomic E-state index is 0.0359. The van der Waals surface area contributed by atoms with E-state index in [2.05, 4.69) is 9.97 Å². The molecule has 1 heterocycles. The van der Waals surface area contributed by atoms with Crippen molar-refractivity contribution in [2.24, 2.45) is 5.73 Å². The summed E-state index contributed by atoms with van der Waals surface area (Å²) < 4.78 is 0. The van der Waals surface area contributed by atoms with Gasteiger partial charge in [0.05, 0.1) is 11.6 Å². The first-order valence-corrected chi connectivity index (χ1v) is 3.69. The normalized spacial score (nSPS) is 12.6. The summed E-state index contributed by atoms with van der Waals surface area (Å²) in [7, 11) is 0. The van der Waals surface area contributed by atoms with Crippen LogP contribution < -0.4 is 5.73 Å². The fourth-order valence-corrected chi connectivity index (χ4v) is 0.755. The van der Waals surface area contributed by atoms with E-state index in [1.54, 1.807) is 6.92 Å². The van der Waals surface area contributed by atoms with E-state index in [9.17, 15) is 4.79 Å². The van der Waals surface area contributed by atoms with Gasteiger partial charge in [0.2, 0.25) is 0 Å². The third-order valence-corrected chi connectivity index (χ3v) is 1.49. The number of hydrogen-bond acceptors (Lipinski definition) is 4. The molecule has 1 rings (SSSR count). The van der Waals surface area contributed by atoms with Gasteiger partial charge in [-0.05, 0) is 13.8 Å². The van der Waals surface area contributed by atoms with E-state index < -0.39 is 0 Å². The van der Waals surface area contributed by atoms with Crippen LogP contribution >= 0.6 is 0 Å². The number of aromatic nitrogens is 2.